The number of benzene rings is 1. The van der Waals surface area contributed by atoms with Gasteiger partial charge in [-0.15, -0.1) is 0 Å². The highest BCUT2D eigenvalue weighted by molar-refractivity contribution is 7.80. The Kier molecular flexibility index (Phi) is 4.74. The third kappa shape index (κ3) is 4.21. The minimum Gasteiger partial charge on any atom is -0.375 e. The van der Waals surface area contributed by atoms with Gasteiger partial charge in [-0.1, -0.05) is 19.1 Å². The molecule has 1 heterocycles. The summed E-state index contributed by atoms with van der Waals surface area (Å²) in [6.45, 7) is 4.63. The smallest absolute Gasteiger partial charge is 0.184 e. The summed E-state index contributed by atoms with van der Waals surface area (Å²) in [4.78, 5) is 2.44. The number of nitrogens with two attached hydrogens (primary N) is 1. The molecule has 1 aliphatic heterocycles. The van der Waals surface area contributed by atoms with Gasteiger partial charge in [-0.25, -0.2) is 0 Å². The summed E-state index contributed by atoms with van der Waals surface area (Å²) in [6, 6.07) is 8.38. The Hall–Kier alpha value is -1.62. The van der Waals surface area contributed by atoms with Gasteiger partial charge in [-0.2, -0.15) is 5.10 Å². The van der Waals surface area contributed by atoms with Gasteiger partial charge in [-0.05, 0) is 48.7 Å². The summed E-state index contributed by atoms with van der Waals surface area (Å²) in [5.41, 5.74) is 10.1. The van der Waals surface area contributed by atoms with Crippen molar-refractivity contribution < 1.29 is 0 Å². The molecule has 0 radical (unpaired) electrons. The molecule has 4 nitrogen and oxygen atoms in total. The highest BCUT2D eigenvalue weighted by atomic mass is 32.1. The van der Waals surface area contributed by atoms with Crippen LogP contribution in [0.3, 0.4) is 0 Å². The monoisotopic (exact) mass is 276 g/mol. The third-order valence-corrected chi connectivity index (χ3v) is 3.52. The molecule has 1 fully saturated rings. The number of thiocarbonyl (C=S) groups is 1. The van der Waals surface area contributed by atoms with Crippen molar-refractivity contribution >= 4 is 29.2 Å². The van der Waals surface area contributed by atoms with Crippen LogP contribution >= 0.6 is 12.2 Å². The van der Waals surface area contributed by atoms with Gasteiger partial charge < -0.3 is 10.6 Å². The van der Waals surface area contributed by atoms with Crippen molar-refractivity contribution in [2.75, 3.05) is 18.0 Å². The molecular formula is C14H20N4S. The van der Waals surface area contributed by atoms with Crippen LogP contribution in [0, 0.1) is 5.92 Å². The van der Waals surface area contributed by atoms with Gasteiger partial charge in [0.25, 0.3) is 0 Å². The maximum absolute atomic E-state index is 5.29. The van der Waals surface area contributed by atoms with Gasteiger partial charge in [0.15, 0.2) is 5.11 Å². The Balaban J connectivity index is 1.94. The second kappa shape index (κ2) is 6.52. The second-order valence-electron chi connectivity index (χ2n) is 5.00. The minimum absolute atomic E-state index is 0.176. The van der Waals surface area contributed by atoms with Crippen LogP contribution in [0.1, 0.15) is 25.3 Å². The first-order valence-corrected chi connectivity index (χ1v) is 6.99. The molecule has 0 atom stereocenters. The first-order chi connectivity index (χ1) is 9.15. The van der Waals surface area contributed by atoms with E-state index in [1.807, 2.05) is 0 Å². The molecule has 0 saturated carbocycles. The number of rotatable bonds is 3. The highest BCUT2D eigenvalue weighted by Gasteiger charge is 2.15. The van der Waals surface area contributed by atoms with Crippen LogP contribution in [0.15, 0.2) is 29.4 Å². The summed E-state index contributed by atoms with van der Waals surface area (Å²) in [5, 5.41) is 4.11. The summed E-state index contributed by atoms with van der Waals surface area (Å²) in [6.07, 6.45) is 4.27. The largest absolute Gasteiger partial charge is 0.375 e. The predicted octanol–water partition coefficient (Wildman–Crippen LogP) is 2.09. The van der Waals surface area contributed by atoms with E-state index in [9.17, 15) is 0 Å². The van der Waals surface area contributed by atoms with Crippen LogP contribution < -0.4 is 16.1 Å². The average molecular weight is 276 g/mol. The molecule has 3 N–H and O–H groups in total. The molecule has 19 heavy (non-hydrogen) atoms. The topological polar surface area (TPSA) is 53.6 Å². The SMILES string of the molecule is CC1CCN(c2ccc(C=NNC(N)=S)cc2)CC1. The van der Waals surface area contributed by atoms with E-state index in [1.54, 1.807) is 6.21 Å². The minimum atomic E-state index is 0.176. The van der Waals surface area contributed by atoms with E-state index in [1.165, 1.54) is 18.5 Å². The molecule has 1 saturated heterocycles. The summed E-state index contributed by atoms with van der Waals surface area (Å²) in [5.74, 6) is 0.855. The molecule has 0 amide bonds. The van der Waals surface area contributed by atoms with Crippen molar-refractivity contribution in [1.29, 1.82) is 0 Å². The maximum atomic E-state index is 5.29. The molecule has 0 unspecified atom stereocenters. The van der Waals surface area contributed by atoms with Crippen LogP contribution in [0.4, 0.5) is 5.69 Å². The standard InChI is InChI=1S/C14H20N4S/c1-11-6-8-18(9-7-11)13-4-2-12(3-5-13)10-16-17-14(15)19/h2-5,10-11H,6-9H2,1H3,(H3,15,17,19). The molecule has 0 aromatic heterocycles. The van der Waals surface area contributed by atoms with E-state index in [-0.39, 0.29) is 5.11 Å². The molecule has 1 aliphatic rings. The second-order valence-corrected chi connectivity index (χ2v) is 5.44. The number of nitrogens with one attached hydrogen (secondary N) is 1. The van der Waals surface area contributed by atoms with Gasteiger partial charge >= 0.3 is 0 Å². The fourth-order valence-corrected chi connectivity index (χ4v) is 2.26. The van der Waals surface area contributed by atoms with Crippen LogP contribution in [0.2, 0.25) is 0 Å². The number of hydrazone groups is 1. The molecule has 1 aromatic carbocycles. The normalized spacial score (nSPS) is 16.8. The molecule has 1 aromatic rings. The van der Waals surface area contributed by atoms with Gasteiger partial charge in [0.05, 0.1) is 6.21 Å². The first kappa shape index (κ1) is 13.8. The summed E-state index contributed by atoms with van der Waals surface area (Å²) >= 11 is 4.67. The number of hydrogen-bond acceptors (Lipinski definition) is 3. The van der Waals surface area contributed by atoms with E-state index >= 15 is 0 Å². The zero-order chi connectivity index (χ0) is 13.7. The molecule has 0 bridgehead atoms. The lowest BCUT2D eigenvalue weighted by molar-refractivity contribution is 0.438. The molecule has 5 heteroatoms. The Bertz CT molecular complexity index is 447. The van der Waals surface area contributed by atoms with Crippen molar-refractivity contribution in [2.24, 2.45) is 16.8 Å². The lowest BCUT2D eigenvalue weighted by Crippen LogP contribution is -2.32. The zero-order valence-corrected chi connectivity index (χ0v) is 12.0. The molecule has 2 rings (SSSR count). The van der Waals surface area contributed by atoms with Gasteiger partial charge in [-0.3, -0.25) is 5.43 Å². The van der Waals surface area contributed by atoms with Crippen molar-refractivity contribution in [2.45, 2.75) is 19.8 Å². The quantitative estimate of drug-likeness (QED) is 0.504. The molecule has 0 aliphatic carbocycles. The first-order valence-electron chi connectivity index (χ1n) is 6.58. The van der Waals surface area contributed by atoms with Crippen LogP contribution in [-0.2, 0) is 0 Å². The van der Waals surface area contributed by atoms with Crippen LogP contribution in [0.25, 0.3) is 0 Å². The molecule has 102 valence electrons. The molecule has 0 spiro atoms. The Morgan fingerprint density at radius 3 is 2.58 bits per heavy atom. The number of nitrogens with zero attached hydrogens (tertiary/aromatic N) is 2. The van der Waals surface area contributed by atoms with Gasteiger partial charge in [0.2, 0.25) is 0 Å². The van der Waals surface area contributed by atoms with Crippen molar-refractivity contribution in [3.8, 4) is 0 Å². The Labute approximate surface area is 119 Å². The summed E-state index contributed by atoms with van der Waals surface area (Å²) in [7, 11) is 0. The highest BCUT2D eigenvalue weighted by Crippen LogP contribution is 2.22. The van der Waals surface area contributed by atoms with Gasteiger partial charge in [0, 0.05) is 18.8 Å². The lowest BCUT2D eigenvalue weighted by atomic mass is 9.99. The third-order valence-electron chi connectivity index (χ3n) is 3.43. The Morgan fingerprint density at radius 2 is 2.00 bits per heavy atom. The lowest BCUT2D eigenvalue weighted by Gasteiger charge is -2.32. The van der Waals surface area contributed by atoms with E-state index in [2.05, 4.69) is 58.8 Å². The van der Waals surface area contributed by atoms with Crippen LogP contribution in [-0.4, -0.2) is 24.4 Å². The van der Waals surface area contributed by atoms with E-state index < -0.39 is 0 Å². The van der Waals surface area contributed by atoms with Gasteiger partial charge in [0.1, 0.15) is 0 Å². The average Bonchev–Trinajstić information content (AvgIpc) is 2.40. The fourth-order valence-electron chi connectivity index (χ4n) is 2.21. The number of piperidine rings is 1. The molecular weight excluding hydrogens is 256 g/mol. The number of hydrogen-bond donors (Lipinski definition) is 2. The van der Waals surface area contributed by atoms with Crippen molar-refractivity contribution in [3.05, 3.63) is 29.8 Å². The van der Waals surface area contributed by atoms with E-state index in [4.69, 9.17) is 5.73 Å². The van der Waals surface area contributed by atoms with Crippen molar-refractivity contribution in [1.82, 2.24) is 5.43 Å². The van der Waals surface area contributed by atoms with E-state index in [0.717, 1.165) is 24.6 Å². The maximum Gasteiger partial charge on any atom is 0.184 e. The summed E-state index contributed by atoms with van der Waals surface area (Å²) < 4.78 is 0. The van der Waals surface area contributed by atoms with E-state index in [0.29, 0.717) is 0 Å². The fraction of sp³-hybridized carbons (Fsp3) is 0.429. The zero-order valence-electron chi connectivity index (χ0n) is 11.2. The Morgan fingerprint density at radius 1 is 1.37 bits per heavy atom. The number of anilines is 1. The van der Waals surface area contributed by atoms with Crippen molar-refractivity contribution in [3.63, 3.8) is 0 Å². The van der Waals surface area contributed by atoms with Crippen LogP contribution in [0.5, 0.6) is 0 Å². The predicted molar refractivity (Wildman–Crippen MR) is 84.6 cm³/mol.